The second-order valence-corrected chi connectivity index (χ2v) is 9.42. The monoisotopic (exact) mass is 486 g/mol. The van der Waals surface area contributed by atoms with E-state index in [9.17, 15) is 18.0 Å². The van der Waals surface area contributed by atoms with Crippen molar-refractivity contribution in [3.63, 3.8) is 0 Å². The van der Waals surface area contributed by atoms with Gasteiger partial charge in [0, 0.05) is 5.02 Å². The number of para-hydroxylation sites is 1. The summed E-state index contributed by atoms with van der Waals surface area (Å²) in [6, 6.07) is 18.9. The zero-order valence-electron chi connectivity index (χ0n) is 18.1. The van der Waals surface area contributed by atoms with E-state index in [1.165, 1.54) is 24.3 Å². The number of hydrogen-bond donors (Lipinski definition) is 1. The molecule has 0 fully saturated rings. The van der Waals surface area contributed by atoms with Crippen LogP contribution in [-0.4, -0.2) is 33.4 Å². The molecule has 0 saturated heterocycles. The number of esters is 1. The van der Waals surface area contributed by atoms with Crippen molar-refractivity contribution in [2.24, 2.45) is 0 Å². The second-order valence-electron chi connectivity index (χ2n) is 7.12. The maximum Gasteiger partial charge on any atom is 0.340 e. The van der Waals surface area contributed by atoms with E-state index in [0.29, 0.717) is 5.02 Å². The van der Waals surface area contributed by atoms with Gasteiger partial charge >= 0.3 is 5.97 Å². The largest absolute Gasteiger partial charge is 0.462 e. The van der Waals surface area contributed by atoms with Gasteiger partial charge in [0.05, 0.1) is 28.4 Å². The van der Waals surface area contributed by atoms with Gasteiger partial charge < -0.3 is 10.1 Å². The smallest absolute Gasteiger partial charge is 0.340 e. The second kappa shape index (κ2) is 10.5. The van der Waals surface area contributed by atoms with Crippen LogP contribution in [0.4, 0.5) is 11.4 Å². The molecule has 0 atom stereocenters. The van der Waals surface area contributed by atoms with E-state index in [2.05, 4.69) is 5.32 Å². The maximum absolute atomic E-state index is 13.4. The van der Waals surface area contributed by atoms with Crippen molar-refractivity contribution >= 4 is 44.9 Å². The summed E-state index contributed by atoms with van der Waals surface area (Å²) in [5.74, 6) is -1.23. The lowest BCUT2D eigenvalue weighted by Gasteiger charge is -2.24. The van der Waals surface area contributed by atoms with E-state index in [0.717, 1.165) is 9.87 Å². The highest BCUT2D eigenvalue weighted by atomic mass is 35.5. The lowest BCUT2D eigenvalue weighted by molar-refractivity contribution is -0.114. The highest BCUT2D eigenvalue weighted by Gasteiger charge is 2.28. The Morgan fingerprint density at radius 3 is 2.36 bits per heavy atom. The molecule has 9 heteroatoms. The van der Waals surface area contributed by atoms with Crippen LogP contribution in [0.2, 0.25) is 5.02 Å². The fourth-order valence-corrected chi connectivity index (χ4v) is 4.68. The van der Waals surface area contributed by atoms with E-state index in [1.54, 1.807) is 55.5 Å². The van der Waals surface area contributed by atoms with Gasteiger partial charge in [0.1, 0.15) is 6.54 Å². The standard InChI is InChI=1S/C24H23ClN2O5S/c1-3-32-24(29)21-9-4-5-10-22(21)26-23(28)16-27(19-8-6-7-18(25)15-19)33(30,31)20-13-11-17(2)12-14-20/h4-15H,3,16H2,1-2H3,(H,26,28). The third kappa shape index (κ3) is 5.91. The number of halogens is 1. The summed E-state index contributed by atoms with van der Waals surface area (Å²) in [6.45, 7) is 3.17. The zero-order valence-corrected chi connectivity index (χ0v) is 19.7. The number of sulfonamides is 1. The first-order valence-corrected chi connectivity index (χ1v) is 11.9. The Kier molecular flexibility index (Phi) is 7.73. The first-order chi connectivity index (χ1) is 15.7. The number of aryl methyl sites for hydroxylation is 1. The van der Waals surface area contributed by atoms with Gasteiger partial charge in [-0.25, -0.2) is 13.2 Å². The van der Waals surface area contributed by atoms with Gasteiger partial charge in [0.15, 0.2) is 0 Å². The van der Waals surface area contributed by atoms with Crippen LogP contribution in [0, 0.1) is 6.92 Å². The zero-order chi connectivity index (χ0) is 24.0. The number of carbonyl (C=O) groups is 2. The maximum atomic E-state index is 13.4. The molecule has 0 bridgehead atoms. The summed E-state index contributed by atoms with van der Waals surface area (Å²) in [4.78, 5) is 25.2. The van der Waals surface area contributed by atoms with Crippen molar-refractivity contribution in [1.82, 2.24) is 0 Å². The van der Waals surface area contributed by atoms with E-state index in [-0.39, 0.29) is 28.4 Å². The van der Waals surface area contributed by atoms with Gasteiger partial charge in [0.25, 0.3) is 10.0 Å². The number of amides is 1. The van der Waals surface area contributed by atoms with E-state index < -0.39 is 28.4 Å². The quantitative estimate of drug-likeness (QED) is 0.467. The molecule has 7 nitrogen and oxygen atoms in total. The molecule has 172 valence electrons. The Hall–Kier alpha value is -3.36. The van der Waals surface area contributed by atoms with Gasteiger partial charge in [-0.15, -0.1) is 0 Å². The predicted molar refractivity (Wildman–Crippen MR) is 128 cm³/mol. The van der Waals surface area contributed by atoms with Gasteiger partial charge in [-0.2, -0.15) is 0 Å². The molecule has 3 aromatic rings. The van der Waals surface area contributed by atoms with Crippen LogP contribution in [0.1, 0.15) is 22.8 Å². The lowest BCUT2D eigenvalue weighted by Crippen LogP contribution is -2.38. The highest BCUT2D eigenvalue weighted by Crippen LogP contribution is 2.27. The van der Waals surface area contributed by atoms with Crippen LogP contribution in [0.3, 0.4) is 0 Å². The van der Waals surface area contributed by atoms with Crippen LogP contribution >= 0.6 is 11.6 Å². The molecular weight excluding hydrogens is 464 g/mol. The fourth-order valence-electron chi connectivity index (χ4n) is 3.08. The minimum atomic E-state index is -4.09. The molecule has 0 aliphatic carbocycles. The Balaban J connectivity index is 1.94. The Morgan fingerprint density at radius 2 is 1.70 bits per heavy atom. The molecule has 1 amide bonds. The van der Waals surface area contributed by atoms with Crippen LogP contribution in [0.5, 0.6) is 0 Å². The normalized spacial score (nSPS) is 11.0. The topological polar surface area (TPSA) is 92.8 Å². The number of ether oxygens (including phenoxy) is 1. The molecule has 0 unspecified atom stereocenters. The number of nitrogens with one attached hydrogen (secondary N) is 1. The first-order valence-electron chi connectivity index (χ1n) is 10.1. The van der Waals surface area contributed by atoms with Crippen molar-refractivity contribution in [3.05, 3.63) is 88.9 Å². The third-order valence-electron chi connectivity index (χ3n) is 4.69. The predicted octanol–water partition coefficient (Wildman–Crippen LogP) is 4.66. The molecule has 0 aromatic heterocycles. The van der Waals surface area contributed by atoms with E-state index >= 15 is 0 Å². The number of hydrogen-bond acceptors (Lipinski definition) is 5. The molecule has 0 saturated carbocycles. The molecule has 0 radical (unpaired) electrons. The van der Waals surface area contributed by atoms with Gasteiger partial charge in [-0.3, -0.25) is 9.10 Å². The molecule has 0 spiro atoms. The van der Waals surface area contributed by atoms with Crippen molar-refractivity contribution < 1.29 is 22.7 Å². The average molecular weight is 487 g/mol. The summed E-state index contributed by atoms with van der Waals surface area (Å²) in [6.07, 6.45) is 0. The molecule has 0 aliphatic rings. The average Bonchev–Trinajstić information content (AvgIpc) is 2.78. The van der Waals surface area contributed by atoms with Crippen molar-refractivity contribution in [2.45, 2.75) is 18.7 Å². The lowest BCUT2D eigenvalue weighted by atomic mass is 10.2. The molecule has 1 N–H and O–H groups in total. The van der Waals surface area contributed by atoms with E-state index in [1.807, 2.05) is 6.92 Å². The van der Waals surface area contributed by atoms with E-state index in [4.69, 9.17) is 16.3 Å². The minimum absolute atomic E-state index is 0.0350. The molecule has 0 aliphatic heterocycles. The summed E-state index contributed by atoms with van der Waals surface area (Å²) >= 11 is 6.08. The molecule has 0 heterocycles. The summed E-state index contributed by atoms with van der Waals surface area (Å²) in [7, 11) is -4.09. The van der Waals surface area contributed by atoms with Crippen LogP contribution in [0.25, 0.3) is 0 Å². The number of anilines is 2. The molecule has 33 heavy (non-hydrogen) atoms. The van der Waals surface area contributed by atoms with Gasteiger partial charge in [-0.05, 0) is 56.3 Å². The summed E-state index contributed by atoms with van der Waals surface area (Å²) < 4.78 is 32.9. The Labute approximate surface area is 198 Å². The van der Waals surface area contributed by atoms with Gasteiger partial charge in [-0.1, -0.05) is 47.5 Å². The van der Waals surface area contributed by atoms with Crippen molar-refractivity contribution in [3.8, 4) is 0 Å². The number of benzene rings is 3. The third-order valence-corrected chi connectivity index (χ3v) is 6.71. The first kappa shape index (κ1) is 24.3. The summed E-state index contributed by atoms with van der Waals surface area (Å²) in [5, 5.41) is 2.94. The molecular formula is C24H23ClN2O5S. The SMILES string of the molecule is CCOC(=O)c1ccccc1NC(=O)CN(c1cccc(Cl)c1)S(=O)(=O)c1ccc(C)cc1. The molecule has 3 aromatic carbocycles. The van der Waals surface area contributed by atoms with Gasteiger partial charge in [0.2, 0.25) is 5.91 Å². The van der Waals surface area contributed by atoms with Crippen molar-refractivity contribution in [1.29, 1.82) is 0 Å². The highest BCUT2D eigenvalue weighted by molar-refractivity contribution is 7.92. The fraction of sp³-hybridized carbons (Fsp3) is 0.167. The van der Waals surface area contributed by atoms with Crippen LogP contribution in [0.15, 0.2) is 77.7 Å². The van der Waals surface area contributed by atoms with Crippen molar-refractivity contribution in [2.75, 3.05) is 22.8 Å². The Morgan fingerprint density at radius 1 is 1.00 bits per heavy atom. The number of rotatable bonds is 8. The number of carbonyl (C=O) groups excluding carboxylic acids is 2. The Bertz CT molecular complexity index is 1260. The van der Waals surface area contributed by atoms with Crippen LogP contribution < -0.4 is 9.62 Å². The van der Waals surface area contributed by atoms with Crippen LogP contribution in [-0.2, 0) is 19.6 Å². The minimum Gasteiger partial charge on any atom is -0.462 e. The molecule has 3 rings (SSSR count). The summed E-state index contributed by atoms with van der Waals surface area (Å²) in [5.41, 5.74) is 1.52. The number of nitrogens with zero attached hydrogens (tertiary/aromatic N) is 1.